The normalized spacial score (nSPS) is 18.0. The van der Waals surface area contributed by atoms with Crippen LogP contribution in [-0.4, -0.2) is 131 Å². The Morgan fingerprint density at radius 2 is 1.44 bits per heavy atom. The molecule has 23 heteroatoms. The van der Waals surface area contributed by atoms with E-state index in [1.165, 1.54) is 17.6 Å². The van der Waals surface area contributed by atoms with Gasteiger partial charge in [0.05, 0.1) is 25.2 Å². The van der Waals surface area contributed by atoms with Gasteiger partial charge in [-0.1, -0.05) is 32.4 Å². The van der Waals surface area contributed by atoms with Crippen molar-refractivity contribution in [3.63, 3.8) is 0 Å². The van der Waals surface area contributed by atoms with Crippen LogP contribution in [0, 0.1) is 11.8 Å². The van der Waals surface area contributed by atoms with Gasteiger partial charge in [-0.2, -0.15) is 11.8 Å². The van der Waals surface area contributed by atoms with Crippen LogP contribution in [0.1, 0.15) is 96.5 Å². The summed E-state index contributed by atoms with van der Waals surface area (Å²) in [5, 5.41) is 40.6. The summed E-state index contributed by atoms with van der Waals surface area (Å²) in [6.45, 7) is 3.27. The second kappa shape index (κ2) is 29.1. The van der Waals surface area contributed by atoms with E-state index in [1.54, 1.807) is 12.1 Å². The molecule has 2 aliphatic rings. The van der Waals surface area contributed by atoms with E-state index in [2.05, 4.69) is 42.5 Å². The van der Waals surface area contributed by atoms with E-state index in [0.29, 0.717) is 56.0 Å². The van der Waals surface area contributed by atoms with E-state index < -0.39 is 78.5 Å². The van der Waals surface area contributed by atoms with Crippen LogP contribution >= 0.6 is 11.8 Å². The minimum absolute atomic E-state index is 0.0188. The van der Waals surface area contributed by atoms with Crippen molar-refractivity contribution < 1.29 is 53.5 Å². The molecule has 1 unspecified atom stereocenters. The van der Waals surface area contributed by atoms with Gasteiger partial charge in [-0.25, -0.2) is 10.3 Å². The number of primary amides is 1. The van der Waals surface area contributed by atoms with Crippen LogP contribution in [0.25, 0.3) is 0 Å². The minimum atomic E-state index is -1.25. The van der Waals surface area contributed by atoms with E-state index in [-0.39, 0.29) is 67.8 Å². The Kier molecular flexibility index (Phi) is 24.1. The average Bonchev–Trinajstić information content (AvgIpc) is 3.83. The van der Waals surface area contributed by atoms with Crippen molar-refractivity contribution >= 4 is 65.1 Å². The number of carbonyl (C=O) groups is 9. The zero-order chi connectivity index (χ0) is 48.6. The van der Waals surface area contributed by atoms with E-state index in [0.717, 1.165) is 25.0 Å². The number of nitrogens with one attached hydrogen (secondary N) is 9. The highest BCUT2D eigenvalue weighted by molar-refractivity contribution is 8.00. The second-order valence-corrected chi connectivity index (χ2v) is 18.3. The molecule has 368 valence electrons. The lowest BCUT2D eigenvalue weighted by molar-refractivity contribution is -0.137. The summed E-state index contributed by atoms with van der Waals surface area (Å²) >= 11 is 1.83. The first kappa shape index (κ1) is 54.7. The van der Waals surface area contributed by atoms with Gasteiger partial charge in [0, 0.05) is 42.7 Å². The molecule has 15 N–H and O–H groups in total. The van der Waals surface area contributed by atoms with Crippen LogP contribution in [-0.2, 0) is 44.8 Å². The Labute approximate surface area is 389 Å². The first-order chi connectivity index (χ1) is 31.5. The largest absolute Gasteiger partial charge is 0.508 e. The monoisotopic (exact) mass is 947 g/mol. The summed E-state index contributed by atoms with van der Waals surface area (Å²) in [5.74, 6) is -5.25. The van der Waals surface area contributed by atoms with Crippen molar-refractivity contribution in [2.45, 2.75) is 133 Å². The van der Waals surface area contributed by atoms with Crippen molar-refractivity contribution in [3.05, 3.63) is 29.8 Å². The third-order valence-electron chi connectivity index (χ3n) is 11.1. The van der Waals surface area contributed by atoms with Crippen LogP contribution in [0.4, 0.5) is 4.79 Å². The molecule has 2 aliphatic heterocycles. The van der Waals surface area contributed by atoms with E-state index >= 15 is 0 Å². The zero-order valence-electron chi connectivity index (χ0n) is 37.8. The van der Waals surface area contributed by atoms with Crippen LogP contribution in [0.2, 0.25) is 0 Å². The number of aromatic hydroxyl groups is 1. The molecule has 22 nitrogen and oxygen atoms in total. The van der Waals surface area contributed by atoms with Crippen molar-refractivity contribution in [1.29, 1.82) is 0 Å². The number of hydroxylamine groups is 1. The maximum absolute atomic E-state index is 13.8. The van der Waals surface area contributed by atoms with Crippen LogP contribution in [0.15, 0.2) is 24.3 Å². The highest BCUT2D eigenvalue weighted by atomic mass is 32.2. The molecule has 0 bridgehead atoms. The molecule has 2 fully saturated rings. The lowest BCUT2D eigenvalue weighted by Crippen LogP contribution is -2.56. The highest BCUT2D eigenvalue weighted by Crippen LogP contribution is 2.33. The highest BCUT2D eigenvalue weighted by Gasteiger charge is 2.42. The number of benzene rings is 1. The van der Waals surface area contributed by atoms with Gasteiger partial charge >= 0.3 is 6.03 Å². The zero-order valence-corrected chi connectivity index (χ0v) is 38.6. The summed E-state index contributed by atoms with van der Waals surface area (Å²) in [7, 11) is 0. The third-order valence-corrected chi connectivity index (χ3v) is 12.7. The molecule has 7 atom stereocenters. The Hall–Kier alpha value is -5.68. The van der Waals surface area contributed by atoms with E-state index in [1.807, 2.05) is 25.6 Å². The van der Waals surface area contributed by atoms with E-state index in [4.69, 9.17) is 16.7 Å². The third kappa shape index (κ3) is 20.2. The van der Waals surface area contributed by atoms with Gasteiger partial charge in [0.25, 0.3) is 0 Å². The molecule has 0 spiro atoms. The summed E-state index contributed by atoms with van der Waals surface area (Å²) in [6.07, 6.45) is 4.97. The molecule has 0 radical (unpaired) electrons. The molecule has 2 saturated heterocycles. The van der Waals surface area contributed by atoms with Gasteiger partial charge in [0.1, 0.15) is 23.9 Å². The first-order valence-electron chi connectivity index (χ1n) is 22.6. The number of carbonyl (C=O) groups excluding carboxylic acids is 9. The number of hydrogen-bond acceptors (Lipinski definition) is 13. The Balaban J connectivity index is 1.44. The maximum Gasteiger partial charge on any atom is 0.315 e. The quantitative estimate of drug-likeness (QED) is 0.0180. The average molecular weight is 948 g/mol. The predicted octanol–water partition coefficient (Wildman–Crippen LogP) is -1.19. The molecule has 2 heterocycles. The molecule has 0 saturated carbocycles. The van der Waals surface area contributed by atoms with Crippen LogP contribution in [0.5, 0.6) is 5.75 Å². The summed E-state index contributed by atoms with van der Waals surface area (Å²) < 4.78 is 0. The van der Waals surface area contributed by atoms with Gasteiger partial charge in [-0.05, 0) is 87.9 Å². The van der Waals surface area contributed by atoms with Crippen LogP contribution in [0.3, 0.4) is 0 Å². The first-order valence-corrected chi connectivity index (χ1v) is 23.6. The van der Waals surface area contributed by atoms with Crippen molar-refractivity contribution in [1.82, 2.24) is 48.0 Å². The number of nitrogens with two attached hydrogens (primary N) is 2. The fraction of sp³-hybridized carbons (Fsp3) is 0.651. The molecular weight excluding hydrogens is 879 g/mol. The van der Waals surface area contributed by atoms with Gasteiger partial charge in [0.15, 0.2) is 0 Å². The topological polar surface area (TPSA) is 354 Å². The second-order valence-electron chi connectivity index (χ2n) is 17.1. The van der Waals surface area contributed by atoms with Gasteiger partial charge < -0.3 is 59.1 Å². The number of urea groups is 1. The molecule has 1 aromatic rings. The summed E-state index contributed by atoms with van der Waals surface area (Å²) in [4.78, 5) is 114. The molecule has 66 heavy (non-hydrogen) atoms. The number of thioether (sulfide) groups is 1. The predicted molar refractivity (Wildman–Crippen MR) is 244 cm³/mol. The number of phenolic OH excluding ortho intramolecular Hbond substituents is 1. The standard InChI is InChI=1S/C43H69N11O11S/c1-25(2)19-27(21-35(57)54-65)40(61)51-31(20-26-13-15-28(55)16-14-26)42(63)50-30(10-5-7-17-44)41(62)48-22-36(58)47-23-37(59)49-29(39(45)60)9-6-8-18-46-34(56)12-4-3-11-33-38-32(24-66-33)52-43(64)53-38/h13-16,25,27,29-33,38,55,65H,3-12,17-24,44H2,1-2H3,(H2,45,60)(H,46,56)(H,47,58)(H,48,62)(H,49,59)(H,50,63)(H,51,61)(H,54,57)(H2,52,53,64)/t27?,29-,30-,31-,32-,33-,38-/m0/s1. The number of amides is 10. The SMILES string of the molecule is CC(C)CC(CC(=O)NO)C(=O)N[C@@H](Cc1ccc(O)cc1)C(=O)N[C@@H](CCCCN)C(=O)NCC(=O)NCC(=O)N[C@@H](CCCCNC(=O)CCCC[C@@H]1SC[C@@H]2NC(=O)N[C@@H]21)C(N)=O. The van der Waals surface area contributed by atoms with E-state index in [9.17, 15) is 48.3 Å². The Bertz CT molecular complexity index is 1810. The van der Waals surface area contributed by atoms with Gasteiger partial charge in [-0.15, -0.1) is 0 Å². The van der Waals surface area contributed by atoms with Crippen molar-refractivity contribution in [2.24, 2.45) is 23.3 Å². The summed E-state index contributed by atoms with van der Waals surface area (Å²) in [5.41, 5.74) is 13.2. The number of rotatable bonds is 31. The maximum atomic E-state index is 13.8. The van der Waals surface area contributed by atoms with Gasteiger partial charge in [-0.3, -0.25) is 43.6 Å². The molecule has 3 rings (SSSR count). The van der Waals surface area contributed by atoms with Crippen LogP contribution < -0.4 is 59.5 Å². The number of unbranched alkanes of at least 4 members (excludes halogenated alkanes) is 3. The minimum Gasteiger partial charge on any atom is -0.508 e. The number of fused-ring (bicyclic) bond motifs is 1. The lowest BCUT2D eigenvalue weighted by atomic mass is 9.92. The molecule has 10 amide bonds. The van der Waals surface area contributed by atoms with Crippen molar-refractivity contribution in [2.75, 3.05) is 31.9 Å². The smallest absolute Gasteiger partial charge is 0.315 e. The Morgan fingerprint density at radius 3 is 2.12 bits per heavy atom. The number of phenols is 1. The molecule has 0 aliphatic carbocycles. The molecule has 1 aromatic carbocycles. The Morgan fingerprint density at radius 1 is 0.758 bits per heavy atom. The van der Waals surface area contributed by atoms with Crippen molar-refractivity contribution in [3.8, 4) is 5.75 Å². The molecule has 0 aromatic heterocycles. The fourth-order valence-corrected chi connectivity index (χ4v) is 9.19. The molecular formula is C43H69N11O11S. The number of hydrogen-bond donors (Lipinski definition) is 13. The fourth-order valence-electron chi connectivity index (χ4n) is 7.65. The lowest BCUT2D eigenvalue weighted by Gasteiger charge is -2.25. The van der Waals surface area contributed by atoms with Gasteiger partial charge in [0.2, 0.25) is 47.3 Å². The summed E-state index contributed by atoms with van der Waals surface area (Å²) in [6, 6.07) is 2.66.